The third-order valence-corrected chi connectivity index (χ3v) is 2.12. The number of rotatable bonds is 2. The molecule has 0 saturated carbocycles. The first-order valence-corrected chi connectivity index (χ1v) is 4.67. The first kappa shape index (κ1) is 10.2. The highest BCUT2D eigenvalue weighted by atomic mass is 16.2. The van der Waals surface area contributed by atoms with Crippen molar-refractivity contribution in [2.24, 2.45) is 7.05 Å². The van der Waals surface area contributed by atoms with Crippen molar-refractivity contribution in [2.45, 2.75) is 0 Å². The summed E-state index contributed by atoms with van der Waals surface area (Å²) in [4.78, 5) is 15.7. The van der Waals surface area contributed by atoms with Gasteiger partial charge in [0.05, 0.1) is 11.9 Å². The third-order valence-electron chi connectivity index (χ3n) is 2.12. The summed E-state index contributed by atoms with van der Waals surface area (Å²) in [6.45, 7) is 0. The van der Waals surface area contributed by atoms with Crippen molar-refractivity contribution in [1.82, 2.24) is 14.8 Å². The SMILES string of the molecule is Cn1ncc(N)c1C(=O)Nc1ccncc1. The predicted molar refractivity (Wildman–Crippen MR) is 59.8 cm³/mol. The molecule has 0 aliphatic heterocycles. The van der Waals surface area contributed by atoms with E-state index in [1.807, 2.05) is 0 Å². The average molecular weight is 217 g/mol. The van der Waals surface area contributed by atoms with Gasteiger partial charge in [0.15, 0.2) is 0 Å². The first-order valence-electron chi connectivity index (χ1n) is 4.67. The Morgan fingerprint density at radius 2 is 2.12 bits per heavy atom. The lowest BCUT2D eigenvalue weighted by Crippen LogP contribution is -2.17. The Kier molecular flexibility index (Phi) is 2.55. The number of aryl methyl sites for hydroxylation is 1. The van der Waals surface area contributed by atoms with Crippen LogP contribution in [-0.4, -0.2) is 20.7 Å². The van der Waals surface area contributed by atoms with E-state index in [1.165, 1.54) is 10.9 Å². The number of hydrogen-bond acceptors (Lipinski definition) is 4. The average Bonchev–Trinajstić information content (AvgIpc) is 2.60. The minimum Gasteiger partial charge on any atom is -0.396 e. The molecule has 6 nitrogen and oxygen atoms in total. The summed E-state index contributed by atoms with van der Waals surface area (Å²) in [5.41, 5.74) is 7.01. The van der Waals surface area contributed by atoms with Gasteiger partial charge in [0, 0.05) is 25.1 Å². The highest BCUT2D eigenvalue weighted by Gasteiger charge is 2.14. The predicted octanol–water partition coefficient (Wildman–Crippen LogP) is 0.650. The van der Waals surface area contributed by atoms with Crippen molar-refractivity contribution in [3.05, 3.63) is 36.4 Å². The van der Waals surface area contributed by atoms with Crippen LogP contribution in [0.1, 0.15) is 10.5 Å². The van der Waals surface area contributed by atoms with E-state index in [9.17, 15) is 4.79 Å². The van der Waals surface area contributed by atoms with Crippen LogP contribution >= 0.6 is 0 Å². The molecule has 0 radical (unpaired) electrons. The minimum absolute atomic E-state index is 0.288. The van der Waals surface area contributed by atoms with Gasteiger partial charge in [0.2, 0.25) is 0 Å². The van der Waals surface area contributed by atoms with Crippen LogP contribution in [0.3, 0.4) is 0 Å². The Bertz CT molecular complexity index is 486. The lowest BCUT2D eigenvalue weighted by atomic mass is 10.3. The van der Waals surface area contributed by atoms with Gasteiger partial charge in [0.1, 0.15) is 5.69 Å². The first-order chi connectivity index (χ1) is 7.68. The number of pyridine rings is 1. The van der Waals surface area contributed by atoms with Crippen molar-refractivity contribution in [1.29, 1.82) is 0 Å². The molecule has 0 fully saturated rings. The van der Waals surface area contributed by atoms with Crippen molar-refractivity contribution in [3.8, 4) is 0 Å². The van der Waals surface area contributed by atoms with Gasteiger partial charge in [-0.15, -0.1) is 0 Å². The number of nitrogens with two attached hydrogens (primary N) is 1. The highest BCUT2D eigenvalue weighted by Crippen LogP contribution is 2.12. The molecule has 3 N–H and O–H groups in total. The molecule has 0 bridgehead atoms. The van der Waals surface area contributed by atoms with E-state index in [0.717, 1.165) is 0 Å². The zero-order valence-electron chi connectivity index (χ0n) is 8.71. The molecule has 0 atom stereocenters. The number of nitrogen functional groups attached to an aromatic ring is 1. The topological polar surface area (TPSA) is 85.8 Å². The van der Waals surface area contributed by atoms with Gasteiger partial charge in [-0.1, -0.05) is 0 Å². The number of amides is 1. The number of anilines is 2. The third kappa shape index (κ3) is 1.85. The number of nitrogens with zero attached hydrogens (tertiary/aromatic N) is 3. The van der Waals surface area contributed by atoms with Gasteiger partial charge in [-0.3, -0.25) is 14.5 Å². The van der Waals surface area contributed by atoms with E-state index in [1.54, 1.807) is 31.6 Å². The molecule has 2 rings (SSSR count). The van der Waals surface area contributed by atoms with Gasteiger partial charge in [-0.05, 0) is 12.1 Å². The summed E-state index contributed by atoms with van der Waals surface area (Å²) in [6.07, 6.45) is 4.64. The molecule has 1 amide bonds. The molecule has 16 heavy (non-hydrogen) atoms. The van der Waals surface area contributed by atoms with E-state index in [-0.39, 0.29) is 5.91 Å². The maximum atomic E-state index is 11.8. The number of carbonyl (C=O) groups excluding carboxylic acids is 1. The molecule has 82 valence electrons. The largest absolute Gasteiger partial charge is 0.396 e. The quantitative estimate of drug-likeness (QED) is 0.773. The molecular formula is C10H11N5O. The normalized spacial score (nSPS) is 10.1. The fraction of sp³-hybridized carbons (Fsp3) is 0.100. The van der Waals surface area contributed by atoms with E-state index in [0.29, 0.717) is 17.1 Å². The Balaban J connectivity index is 2.22. The Morgan fingerprint density at radius 3 is 2.69 bits per heavy atom. The van der Waals surface area contributed by atoms with Crippen LogP contribution in [0.4, 0.5) is 11.4 Å². The second-order valence-corrected chi connectivity index (χ2v) is 3.26. The molecule has 0 aromatic carbocycles. The molecule has 0 aliphatic carbocycles. The molecule has 0 saturated heterocycles. The zero-order valence-corrected chi connectivity index (χ0v) is 8.71. The summed E-state index contributed by atoms with van der Waals surface area (Å²) in [5, 5.41) is 6.60. The maximum absolute atomic E-state index is 11.8. The van der Waals surface area contributed by atoms with Crippen LogP contribution < -0.4 is 11.1 Å². The number of nitrogens with one attached hydrogen (secondary N) is 1. The zero-order chi connectivity index (χ0) is 11.5. The van der Waals surface area contributed by atoms with Crippen LogP contribution in [0.25, 0.3) is 0 Å². The van der Waals surface area contributed by atoms with E-state index >= 15 is 0 Å². The van der Waals surface area contributed by atoms with Gasteiger partial charge in [-0.25, -0.2) is 0 Å². The monoisotopic (exact) mass is 217 g/mol. The van der Waals surface area contributed by atoms with Crippen LogP contribution in [0.2, 0.25) is 0 Å². The summed E-state index contributed by atoms with van der Waals surface area (Å²) in [5.74, 6) is -0.288. The van der Waals surface area contributed by atoms with E-state index in [4.69, 9.17) is 5.73 Å². The molecular weight excluding hydrogens is 206 g/mol. The van der Waals surface area contributed by atoms with Gasteiger partial charge in [-0.2, -0.15) is 5.10 Å². The Hall–Kier alpha value is -2.37. The molecule has 2 heterocycles. The second-order valence-electron chi connectivity index (χ2n) is 3.26. The minimum atomic E-state index is -0.288. The van der Waals surface area contributed by atoms with E-state index in [2.05, 4.69) is 15.4 Å². The van der Waals surface area contributed by atoms with Gasteiger partial charge >= 0.3 is 0 Å². The second kappa shape index (κ2) is 4.01. The van der Waals surface area contributed by atoms with Crippen molar-refractivity contribution >= 4 is 17.3 Å². The summed E-state index contributed by atoms with van der Waals surface area (Å²) in [7, 11) is 1.66. The number of hydrogen-bond donors (Lipinski definition) is 2. The highest BCUT2D eigenvalue weighted by molar-refractivity contribution is 6.06. The Morgan fingerprint density at radius 1 is 1.44 bits per heavy atom. The molecule has 0 aliphatic rings. The summed E-state index contributed by atoms with van der Waals surface area (Å²) >= 11 is 0. The van der Waals surface area contributed by atoms with E-state index < -0.39 is 0 Å². The number of carbonyl (C=O) groups is 1. The standard InChI is InChI=1S/C10H11N5O/c1-15-9(8(11)6-13-15)10(16)14-7-2-4-12-5-3-7/h2-6H,11H2,1H3,(H,12,14,16). The smallest absolute Gasteiger partial charge is 0.276 e. The van der Waals surface area contributed by atoms with Crippen molar-refractivity contribution in [2.75, 3.05) is 11.1 Å². The van der Waals surface area contributed by atoms with Crippen LogP contribution in [-0.2, 0) is 7.05 Å². The van der Waals surface area contributed by atoms with Crippen LogP contribution in [0.15, 0.2) is 30.7 Å². The van der Waals surface area contributed by atoms with Crippen LogP contribution in [0.5, 0.6) is 0 Å². The fourth-order valence-electron chi connectivity index (χ4n) is 1.36. The molecule has 2 aromatic rings. The summed E-state index contributed by atoms with van der Waals surface area (Å²) in [6, 6.07) is 3.40. The molecule has 0 spiro atoms. The van der Waals surface area contributed by atoms with Gasteiger partial charge in [0.25, 0.3) is 5.91 Å². The number of aromatic nitrogens is 3. The van der Waals surface area contributed by atoms with Crippen LogP contribution in [0, 0.1) is 0 Å². The Labute approximate surface area is 92.1 Å². The molecule has 0 unspecified atom stereocenters. The van der Waals surface area contributed by atoms with Crippen molar-refractivity contribution < 1.29 is 4.79 Å². The fourth-order valence-corrected chi connectivity index (χ4v) is 1.36. The lowest BCUT2D eigenvalue weighted by Gasteiger charge is -2.05. The maximum Gasteiger partial charge on any atom is 0.276 e. The summed E-state index contributed by atoms with van der Waals surface area (Å²) < 4.78 is 1.44. The lowest BCUT2D eigenvalue weighted by molar-refractivity contribution is 0.101. The van der Waals surface area contributed by atoms with Crippen molar-refractivity contribution in [3.63, 3.8) is 0 Å². The van der Waals surface area contributed by atoms with Gasteiger partial charge < -0.3 is 11.1 Å². The molecule has 2 aromatic heterocycles. The molecule has 6 heteroatoms.